The molecule has 0 aliphatic heterocycles. The second-order valence-corrected chi connectivity index (χ2v) is 10.9. The van der Waals surface area contributed by atoms with E-state index >= 15 is 0 Å². The van der Waals surface area contributed by atoms with E-state index in [0.717, 1.165) is 0 Å². The number of fused-ring (bicyclic) bond motifs is 8. The van der Waals surface area contributed by atoms with Crippen LogP contribution in [0.15, 0.2) is 146 Å². The zero-order chi connectivity index (χ0) is 26.2. The lowest BCUT2D eigenvalue weighted by molar-refractivity contribution is 1.63. The van der Waals surface area contributed by atoms with Gasteiger partial charge in [-0.05, 0) is 112 Å². The maximum Gasteiger partial charge on any atom is -0.00199 e. The molecule has 9 rings (SSSR count). The van der Waals surface area contributed by atoms with Gasteiger partial charge >= 0.3 is 0 Å². The number of rotatable bonds is 2. The molecule has 0 amide bonds. The van der Waals surface area contributed by atoms with Gasteiger partial charge in [-0.3, -0.25) is 0 Å². The molecule has 40 heavy (non-hydrogen) atoms. The Balaban J connectivity index is 1.24. The lowest BCUT2D eigenvalue weighted by Gasteiger charge is -2.13. The zero-order valence-electron chi connectivity index (χ0n) is 21.9. The number of hydrogen-bond acceptors (Lipinski definition) is 0. The van der Waals surface area contributed by atoms with E-state index in [2.05, 4.69) is 146 Å². The van der Waals surface area contributed by atoms with Crippen LogP contribution < -0.4 is 0 Å². The Bertz CT molecular complexity index is 2320. The minimum Gasteiger partial charge on any atom is -0.0616 e. The third kappa shape index (κ3) is 3.02. The molecule has 0 heterocycles. The highest BCUT2D eigenvalue weighted by Gasteiger charge is 2.22. The molecule has 0 saturated heterocycles. The summed E-state index contributed by atoms with van der Waals surface area (Å²) in [6, 6.07) is 53.8. The first-order chi connectivity index (χ1) is 19.8. The fraction of sp³-hybridized carbons (Fsp3) is 0. The van der Waals surface area contributed by atoms with Crippen LogP contribution in [0.4, 0.5) is 0 Å². The van der Waals surface area contributed by atoms with Crippen molar-refractivity contribution in [3.63, 3.8) is 0 Å². The van der Waals surface area contributed by atoms with Crippen molar-refractivity contribution in [1.82, 2.24) is 0 Å². The van der Waals surface area contributed by atoms with Crippen molar-refractivity contribution in [3.05, 3.63) is 146 Å². The molecule has 0 bridgehead atoms. The van der Waals surface area contributed by atoms with Crippen LogP contribution in [0.2, 0.25) is 0 Å². The largest absolute Gasteiger partial charge is 0.0616 e. The van der Waals surface area contributed by atoms with Gasteiger partial charge in [0.2, 0.25) is 0 Å². The number of hydrogen-bond donors (Lipinski definition) is 0. The third-order valence-electron chi connectivity index (χ3n) is 8.76. The second-order valence-electron chi connectivity index (χ2n) is 10.9. The van der Waals surface area contributed by atoms with Gasteiger partial charge in [0.1, 0.15) is 0 Å². The summed E-state index contributed by atoms with van der Waals surface area (Å²) >= 11 is 0. The Morgan fingerprint density at radius 3 is 1.75 bits per heavy atom. The van der Waals surface area contributed by atoms with E-state index in [1.807, 2.05) is 0 Å². The highest BCUT2D eigenvalue weighted by Crippen LogP contribution is 2.49. The molecular weight excluding hydrogens is 480 g/mol. The molecule has 0 heteroatoms. The molecule has 0 aromatic heterocycles. The lowest BCUT2D eigenvalue weighted by Crippen LogP contribution is -1.86. The summed E-state index contributed by atoms with van der Waals surface area (Å²) in [4.78, 5) is 0. The molecular formula is C40H24. The average molecular weight is 505 g/mol. The Morgan fingerprint density at radius 2 is 0.850 bits per heavy atom. The smallest absolute Gasteiger partial charge is 0.00199 e. The van der Waals surface area contributed by atoms with Crippen LogP contribution in [0.1, 0.15) is 0 Å². The van der Waals surface area contributed by atoms with Crippen LogP contribution in [0.3, 0.4) is 0 Å². The van der Waals surface area contributed by atoms with Crippen molar-refractivity contribution in [2.75, 3.05) is 0 Å². The van der Waals surface area contributed by atoms with E-state index in [-0.39, 0.29) is 0 Å². The highest BCUT2D eigenvalue weighted by atomic mass is 14.2. The Kier molecular flexibility index (Phi) is 4.42. The molecule has 0 spiro atoms. The maximum atomic E-state index is 2.40. The van der Waals surface area contributed by atoms with Crippen LogP contribution in [0.5, 0.6) is 0 Å². The van der Waals surface area contributed by atoms with Crippen molar-refractivity contribution < 1.29 is 0 Å². The van der Waals surface area contributed by atoms with Crippen molar-refractivity contribution in [3.8, 4) is 44.5 Å². The normalized spacial score (nSPS) is 12.0. The molecule has 0 nitrogen and oxygen atoms in total. The molecule has 1 aliphatic rings. The molecule has 184 valence electrons. The van der Waals surface area contributed by atoms with E-state index < -0.39 is 0 Å². The Morgan fingerprint density at radius 1 is 0.250 bits per heavy atom. The first kappa shape index (κ1) is 21.7. The summed E-state index contributed by atoms with van der Waals surface area (Å²) in [7, 11) is 0. The van der Waals surface area contributed by atoms with Gasteiger partial charge in [-0.15, -0.1) is 0 Å². The first-order valence-electron chi connectivity index (χ1n) is 13.9. The van der Waals surface area contributed by atoms with Crippen LogP contribution in [0, 0.1) is 0 Å². The van der Waals surface area contributed by atoms with Gasteiger partial charge < -0.3 is 0 Å². The topological polar surface area (TPSA) is 0 Å². The van der Waals surface area contributed by atoms with Crippen molar-refractivity contribution >= 4 is 43.1 Å². The van der Waals surface area contributed by atoms with E-state index in [1.54, 1.807) is 0 Å². The van der Waals surface area contributed by atoms with Crippen LogP contribution in [-0.2, 0) is 0 Å². The molecule has 1 aliphatic carbocycles. The maximum absolute atomic E-state index is 2.40. The van der Waals surface area contributed by atoms with E-state index in [0.29, 0.717) is 0 Å². The van der Waals surface area contributed by atoms with Crippen molar-refractivity contribution in [2.24, 2.45) is 0 Å². The molecule has 0 atom stereocenters. The zero-order valence-corrected chi connectivity index (χ0v) is 21.9. The highest BCUT2D eigenvalue weighted by molar-refractivity contribution is 6.23. The summed E-state index contributed by atoms with van der Waals surface area (Å²) < 4.78 is 0. The predicted molar refractivity (Wildman–Crippen MR) is 172 cm³/mol. The van der Waals surface area contributed by atoms with Gasteiger partial charge in [-0.25, -0.2) is 0 Å². The molecule has 0 fully saturated rings. The van der Waals surface area contributed by atoms with Crippen molar-refractivity contribution in [2.45, 2.75) is 0 Å². The predicted octanol–water partition coefficient (Wildman–Crippen LogP) is 11.3. The lowest BCUT2D eigenvalue weighted by atomic mass is 9.91. The molecule has 8 aromatic carbocycles. The van der Waals surface area contributed by atoms with Gasteiger partial charge in [-0.1, -0.05) is 121 Å². The summed E-state index contributed by atoms with van der Waals surface area (Å²) in [5.41, 5.74) is 10.4. The SMILES string of the molecule is c1cc(-c2ccc3c(c2)cc2c4c(cccc43)-c3ccccc3-2)cc(-c2cc3ccccc3c3ccccc23)c1. The second kappa shape index (κ2) is 8.15. The van der Waals surface area contributed by atoms with Crippen LogP contribution in [0.25, 0.3) is 87.6 Å². The quantitative estimate of drug-likeness (QED) is 0.205. The van der Waals surface area contributed by atoms with Gasteiger partial charge in [-0.2, -0.15) is 0 Å². The van der Waals surface area contributed by atoms with Gasteiger partial charge in [0, 0.05) is 0 Å². The summed E-state index contributed by atoms with van der Waals surface area (Å²) in [6.45, 7) is 0. The summed E-state index contributed by atoms with van der Waals surface area (Å²) in [6.07, 6.45) is 0. The average Bonchev–Trinajstić information content (AvgIpc) is 3.35. The van der Waals surface area contributed by atoms with E-state index in [1.165, 1.54) is 87.6 Å². The molecule has 0 saturated carbocycles. The summed E-state index contributed by atoms with van der Waals surface area (Å²) in [5, 5.41) is 10.5. The van der Waals surface area contributed by atoms with Gasteiger partial charge in [0.25, 0.3) is 0 Å². The molecule has 0 unspecified atom stereocenters. The minimum absolute atomic E-state index is 1.24. The minimum atomic E-state index is 1.24. The van der Waals surface area contributed by atoms with Gasteiger partial charge in [0.05, 0.1) is 0 Å². The van der Waals surface area contributed by atoms with Crippen LogP contribution >= 0.6 is 0 Å². The van der Waals surface area contributed by atoms with Gasteiger partial charge in [0.15, 0.2) is 0 Å². The Labute approximate surface area is 232 Å². The number of benzene rings is 8. The Hall–Kier alpha value is -5.20. The fourth-order valence-electron chi connectivity index (χ4n) is 6.95. The molecule has 8 aromatic rings. The monoisotopic (exact) mass is 504 g/mol. The van der Waals surface area contributed by atoms with Crippen LogP contribution in [-0.4, -0.2) is 0 Å². The van der Waals surface area contributed by atoms with Crippen molar-refractivity contribution in [1.29, 1.82) is 0 Å². The molecule has 0 N–H and O–H groups in total. The van der Waals surface area contributed by atoms with E-state index in [4.69, 9.17) is 0 Å². The standard InChI is InChI=1S/C40H24/c1-2-12-30-28(9-1)23-38(34-15-5-3-13-32(30)34)27-11-7-10-25(21-27)26-19-20-31-29(22-26)24-39-35-16-6-4-14-33(35)37-18-8-17-36(31)40(37)39/h1-24H. The molecule has 0 radical (unpaired) electrons. The fourth-order valence-corrected chi connectivity index (χ4v) is 6.95. The summed E-state index contributed by atoms with van der Waals surface area (Å²) in [5.74, 6) is 0. The van der Waals surface area contributed by atoms with E-state index in [9.17, 15) is 0 Å². The third-order valence-corrected chi connectivity index (χ3v) is 8.76. The first-order valence-corrected chi connectivity index (χ1v) is 13.9.